The van der Waals surface area contributed by atoms with Crippen molar-refractivity contribution in [2.24, 2.45) is 5.41 Å². The molecule has 0 heterocycles. The molecular formula is C12H16O3S. The molecule has 3 nitrogen and oxygen atoms in total. The van der Waals surface area contributed by atoms with Crippen molar-refractivity contribution in [2.45, 2.75) is 20.0 Å². The number of aliphatic hydroxyl groups excluding tert-OH is 1. The third kappa shape index (κ3) is 2.33. The molecule has 1 aromatic rings. The molecule has 1 unspecified atom stereocenters. The number of hydrogen-bond donors (Lipinski definition) is 2. The predicted octanol–water partition coefficient (Wildman–Crippen LogP) is 2.43. The van der Waals surface area contributed by atoms with Gasteiger partial charge in [0.1, 0.15) is 5.75 Å². The van der Waals surface area contributed by atoms with Crippen LogP contribution in [-0.2, 0) is 4.74 Å². The first-order valence-electron chi connectivity index (χ1n) is 4.95. The molecule has 0 amide bonds. The summed E-state index contributed by atoms with van der Waals surface area (Å²) in [7, 11) is 1.47. The molecule has 2 N–H and O–H groups in total. The van der Waals surface area contributed by atoms with Gasteiger partial charge in [-0.1, -0.05) is 18.2 Å². The second kappa shape index (κ2) is 4.80. The summed E-state index contributed by atoms with van der Waals surface area (Å²) in [5.41, 5.74) is -0.282. The summed E-state index contributed by atoms with van der Waals surface area (Å²) >= 11 is 5.05. The van der Waals surface area contributed by atoms with Crippen LogP contribution in [0.4, 0.5) is 0 Å². The van der Waals surface area contributed by atoms with Gasteiger partial charge < -0.3 is 14.9 Å². The standard InChI is InChI=1S/C12H16O3S/c1-12(2,11(16)15-3)10(14)8-6-4-5-7-9(8)13/h4-7,10,13-14H,1-3H3. The Hall–Kier alpha value is -1.13. The SMILES string of the molecule is COC(=S)C(C)(C)C(O)c1ccccc1O. The summed E-state index contributed by atoms with van der Waals surface area (Å²) in [6.45, 7) is 3.55. The zero-order valence-corrected chi connectivity index (χ0v) is 10.4. The minimum absolute atomic E-state index is 0.0574. The van der Waals surface area contributed by atoms with Crippen LogP contribution in [0.1, 0.15) is 25.5 Å². The first-order chi connectivity index (χ1) is 7.41. The van der Waals surface area contributed by atoms with Crippen molar-refractivity contribution >= 4 is 17.3 Å². The molecule has 1 rings (SSSR count). The lowest BCUT2D eigenvalue weighted by atomic mass is 9.83. The molecule has 1 aromatic carbocycles. The number of aliphatic hydroxyl groups is 1. The molecule has 0 saturated carbocycles. The molecule has 0 aliphatic heterocycles. The number of rotatable bonds is 3. The molecule has 1 atom stereocenters. The molecule has 16 heavy (non-hydrogen) atoms. The van der Waals surface area contributed by atoms with E-state index in [0.29, 0.717) is 10.6 Å². The Bertz CT molecular complexity index is 388. The van der Waals surface area contributed by atoms with Crippen molar-refractivity contribution in [3.05, 3.63) is 29.8 Å². The molecule has 0 fully saturated rings. The van der Waals surface area contributed by atoms with Gasteiger partial charge >= 0.3 is 0 Å². The van der Waals surface area contributed by atoms with Gasteiger partial charge in [-0.2, -0.15) is 0 Å². The number of phenols is 1. The Labute approximate surface area is 101 Å². The molecule has 4 heteroatoms. The third-order valence-corrected chi connectivity index (χ3v) is 3.32. The van der Waals surface area contributed by atoms with Gasteiger partial charge in [0, 0.05) is 5.56 Å². The van der Waals surface area contributed by atoms with Crippen molar-refractivity contribution in [3.8, 4) is 5.75 Å². The highest BCUT2D eigenvalue weighted by molar-refractivity contribution is 7.80. The lowest BCUT2D eigenvalue weighted by molar-refractivity contribution is 0.0797. The fourth-order valence-corrected chi connectivity index (χ4v) is 1.59. The zero-order chi connectivity index (χ0) is 12.3. The number of hydrogen-bond acceptors (Lipinski definition) is 4. The highest BCUT2D eigenvalue weighted by atomic mass is 32.1. The first-order valence-corrected chi connectivity index (χ1v) is 5.36. The number of aromatic hydroxyl groups is 1. The van der Waals surface area contributed by atoms with Gasteiger partial charge in [0.15, 0.2) is 5.05 Å². The highest BCUT2D eigenvalue weighted by Gasteiger charge is 2.35. The fourth-order valence-electron chi connectivity index (χ4n) is 1.48. The minimum atomic E-state index is -0.902. The Balaban J connectivity index is 3.07. The van der Waals surface area contributed by atoms with Crippen LogP contribution in [0.2, 0.25) is 0 Å². The second-order valence-corrected chi connectivity index (χ2v) is 4.55. The van der Waals surface area contributed by atoms with E-state index in [2.05, 4.69) is 0 Å². The van der Waals surface area contributed by atoms with E-state index in [9.17, 15) is 10.2 Å². The average molecular weight is 240 g/mol. The lowest BCUT2D eigenvalue weighted by Crippen LogP contribution is -2.31. The number of benzene rings is 1. The van der Waals surface area contributed by atoms with Gasteiger partial charge in [-0.15, -0.1) is 0 Å². The van der Waals surface area contributed by atoms with Gasteiger partial charge in [-0.3, -0.25) is 0 Å². The monoisotopic (exact) mass is 240 g/mol. The van der Waals surface area contributed by atoms with E-state index in [1.807, 2.05) is 0 Å². The maximum atomic E-state index is 10.2. The van der Waals surface area contributed by atoms with E-state index in [4.69, 9.17) is 17.0 Å². The molecular weight excluding hydrogens is 224 g/mol. The van der Waals surface area contributed by atoms with Crippen LogP contribution in [0, 0.1) is 5.41 Å². The van der Waals surface area contributed by atoms with Gasteiger partial charge in [0.05, 0.1) is 18.6 Å². The van der Waals surface area contributed by atoms with E-state index in [-0.39, 0.29) is 5.75 Å². The quantitative estimate of drug-likeness (QED) is 0.797. The van der Waals surface area contributed by atoms with E-state index in [1.165, 1.54) is 13.2 Å². The number of ether oxygens (including phenoxy) is 1. The summed E-state index contributed by atoms with van der Waals surface area (Å²) in [6.07, 6.45) is -0.902. The summed E-state index contributed by atoms with van der Waals surface area (Å²) in [4.78, 5) is 0. The summed E-state index contributed by atoms with van der Waals surface area (Å²) in [5, 5.41) is 20.2. The maximum Gasteiger partial charge on any atom is 0.167 e. The van der Waals surface area contributed by atoms with Crippen molar-refractivity contribution < 1.29 is 14.9 Å². The Morgan fingerprint density at radius 3 is 2.44 bits per heavy atom. The van der Waals surface area contributed by atoms with Crippen molar-refractivity contribution in [1.29, 1.82) is 0 Å². The molecule has 0 aliphatic rings. The van der Waals surface area contributed by atoms with Crippen LogP contribution in [0.3, 0.4) is 0 Å². The number of phenolic OH excluding ortho intramolecular Hbond substituents is 1. The van der Waals surface area contributed by atoms with Crippen molar-refractivity contribution in [3.63, 3.8) is 0 Å². The van der Waals surface area contributed by atoms with Crippen LogP contribution in [-0.4, -0.2) is 22.4 Å². The number of methoxy groups -OCH3 is 1. The van der Waals surface area contributed by atoms with E-state index in [1.54, 1.807) is 32.0 Å². The first kappa shape index (κ1) is 12.9. The molecule has 0 aliphatic carbocycles. The summed E-state index contributed by atoms with van der Waals surface area (Å²) in [6, 6.07) is 6.65. The van der Waals surface area contributed by atoms with Crippen LogP contribution in [0.25, 0.3) is 0 Å². The van der Waals surface area contributed by atoms with Crippen LogP contribution < -0.4 is 0 Å². The van der Waals surface area contributed by atoms with E-state index >= 15 is 0 Å². The average Bonchev–Trinajstić information content (AvgIpc) is 2.27. The van der Waals surface area contributed by atoms with E-state index < -0.39 is 11.5 Å². The molecule has 88 valence electrons. The normalized spacial score (nSPS) is 13.2. The Morgan fingerprint density at radius 2 is 1.94 bits per heavy atom. The Morgan fingerprint density at radius 1 is 1.38 bits per heavy atom. The van der Waals surface area contributed by atoms with E-state index in [0.717, 1.165) is 0 Å². The highest BCUT2D eigenvalue weighted by Crippen LogP contribution is 2.38. The molecule has 0 bridgehead atoms. The van der Waals surface area contributed by atoms with Crippen molar-refractivity contribution in [1.82, 2.24) is 0 Å². The fraction of sp³-hybridized carbons (Fsp3) is 0.417. The van der Waals surface area contributed by atoms with Crippen LogP contribution in [0.15, 0.2) is 24.3 Å². The second-order valence-electron chi connectivity index (χ2n) is 4.17. The van der Waals surface area contributed by atoms with Crippen LogP contribution in [0.5, 0.6) is 5.75 Å². The van der Waals surface area contributed by atoms with Gasteiger partial charge in [0.2, 0.25) is 0 Å². The number of thiocarbonyl (C=S) groups is 1. The largest absolute Gasteiger partial charge is 0.508 e. The Kier molecular flexibility index (Phi) is 3.88. The molecule has 0 spiro atoms. The third-order valence-electron chi connectivity index (χ3n) is 2.63. The smallest absolute Gasteiger partial charge is 0.167 e. The van der Waals surface area contributed by atoms with Crippen LogP contribution >= 0.6 is 12.2 Å². The maximum absolute atomic E-state index is 10.2. The minimum Gasteiger partial charge on any atom is -0.508 e. The van der Waals surface area contributed by atoms with Gasteiger partial charge in [-0.25, -0.2) is 0 Å². The van der Waals surface area contributed by atoms with Gasteiger partial charge in [-0.05, 0) is 32.1 Å². The lowest BCUT2D eigenvalue weighted by Gasteiger charge is -2.30. The topological polar surface area (TPSA) is 49.7 Å². The number of para-hydroxylation sites is 1. The van der Waals surface area contributed by atoms with Gasteiger partial charge in [0.25, 0.3) is 0 Å². The summed E-state index contributed by atoms with van der Waals surface area (Å²) < 4.78 is 4.99. The molecule has 0 aromatic heterocycles. The predicted molar refractivity (Wildman–Crippen MR) is 66.5 cm³/mol. The summed E-state index contributed by atoms with van der Waals surface area (Å²) in [5.74, 6) is 0.0574. The zero-order valence-electron chi connectivity index (χ0n) is 9.60. The molecule has 0 saturated heterocycles. The van der Waals surface area contributed by atoms with Crippen molar-refractivity contribution in [2.75, 3.05) is 7.11 Å². The molecule has 0 radical (unpaired) electrons.